The van der Waals surface area contributed by atoms with Crippen molar-refractivity contribution in [2.75, 3.05) is 0 Å². The van der Waals surface area contributed by atoms with Crippen LogP contribution in [0.15, 0.2) is 0 Å². The topological polar surface area (TPSA) is 0 Å². The van der Waals surface area contributed by atoms with Crippen LogP contribution in [-0.4, -0.2) is 12.4 Å². The van der Waals surface area contributed by atoms with E-state index in [2.05, 4.69) is 33.3 Å². The third kappa shape index (κ3) is 3.91. The van der Waals surface area contributed by atoms with Gasteiger partial charge in [0.05, 0.1) is 0 Å². The maximum Gasteiger partial charge on any atom is 0.133 e. The van der Waals surface area contributed by atoms with Crippen molar-refractivity contribution < 1.29 is 0 Å². The quantitative estimate of drug-likeness (QED) is 0.453. The third-order valence-electron chi connectivity index (χ3n) is 1.82. The Morgan fingerprint density at radius 1 is 1.56 bits per heavy atom. The molecule has 0 amide bonds. The molecule has 0 aromatic carbocycles. The van der Waals surface area contributed by atoms with E-state index in [0.717, 1.165) is 5.92 Å². The molecule has 0 rings (SSSR count). The van der Waals surface area contributed by atoms with Crippen LogP contribution < -0.4 is 0 Å². The highest BCUT2D eigenvalue weighted by Gasteiger charge is 2.09. The van der Waals surface area contributed by atoms with Crippen LogP contribution in [0.5, 0.6) is 0 Å². The predicted molar refractivity (Wildman–Crippen MR) is 49.9 cm³/mol. The fourth-order valence-corrected chi connectivity index (χ4v) is 1.20. The van der Waals surface area contributed by atoms with Gasteiger partial charge in [-0.05, 0) is 11.1 Å². The lowest BCUT2D eigenvalue weighted by molar-refractivity contribution is 0.562. The summed E-state index contributed by atoms with van der Waals surface area (Å²) in [6.45, 7) is 6.71. The standard InChI is InChI=1S/C7H17BS/c1-4-5-6(2)7(9)8-3/h6-9H,4-5H2,1-3H3. The Morgan fingerprint density at radius 2 is 2.11 bits per heavy atom. The molecule has 0 aromatic heterocycles. The van der Waals surface area contributed by atoms with Gasteiger partial charge in [-0.25, -0.2) is 0 Å². The molecular formula is C7H17BS. The molecule has 0 radical (unpaired) electrons. The molecule has 9 heavy (non-hydrogen) atoms. The van der Waals surface area contributed by atoms with Crippen molar-refractivity contribution >= 4 is 19.9 Å². The van der Waals surface area contributed by atoms with Gasteiger partial charge in [-0.15, -0.1) is 0 Å². The molecule has 0 nitrogen and oxygen atoms in total. The second-order valence-electron chi connectivity index (χ2n) is 2.74. The van der Waals surface area contributed by atoms with Crippen LogP contribution in [0.2, 0.25) is 6.82 Å². The van der Waals surface area contributed by atoms with Crippen LogP contribution in [0.3, 0.4) is 0 Å². The summed E-state index contributed by atoms with van der Waals surface area (Å²) in [5.74, 6) is 0.795. The Hall–Kier alpha value is 0.415. The van der Waals surface area contributed by atoms with Gasteiger partial charge >= 0.3 is 0 Å². The van der Waals surface area contributed by atoms with Crippen molar-refractivity contribution in [3.63, 3.8) is 0 Å². The Morgan fingerprint density at radius 3 is 2.44 bits per heavy atom. The van der Waals surface area contributed by atoms with E-state index in [9.17, 15) is 0 Å². The average Bonchev–Trinajstić information content (AvgIpc) is 1.87. The van der Waals surface area contributed by atoms with Crippen molar-refractivity contribution in [1.29, 1.82) is 0 Å². The first-order valence-electron chi connectivity index (χ1n) is 3.90. The van der Waals surface area contributed by atoms with Gasteiger partial charge in [-0.1, -0.05) is 33.5 Å². The summed E-state index contributed by atoms with van der Waals surface area (Å²) >= 11 is 4.46. The molecule has 2 atom stereocenters. The summed E-state index contributed by atoms with van der Waals surface area (Å²) in [5, 5.41) is 0.616. The van der Waals surface area contributed by atoms with Crippen LogP contribution >= 0.6 is 12.6 Å². The van der Waals surface area contributed by atoms with Crippen LogP contribution in [0.4, 0.5) is 0 Å². The summed E-state index contributed by atoms with van der Waals surface area (Å²) in [5.41, 5.74) is 0. The Balaban J connectivity index is 3.32. The minimum Gasteiger partial charge on any atom is -0.184 e. The SMILES string of the molecule is CBC(S)C(C)CCC. The number of rotatable bonds is 4. The predicted octanol–water partition coefficient (Wildman–Crippen LogP) is 2.16. The summed E-state index contributed by atoms with van der Waals surface area (Å²) in [4.78, 5) is 0. The summed E-state index contributed by atoms with van der Waals surface area (Å²) in [7, 11) is 1.20. The molecule has 2 unspecified atom stereocenters. The number of hydrogen-bond donors (Lipinski definition) is 1. The molecule has 0 aliphatic carbocycles. The molecule has 0 spiro atoms. The molecule has 0 fully saturated rings. The molecule has 0 aliphatic heterocycles. The zero-order valence-electron chi connectivity index (χ0n) is 6.72. The van der Waals surface area contributed by atoms with Gasteiger partial charge < -0.3 is 0 Å². The first kappa shape index (κ1) is 9.41. The lowest BCUT2D eigenvalue weighted by Crippen LogP contribution is -2.16. The van der Waals surface area contributed by atoms with Gasteiger partial charge in [0, 0.05) is 0 Å². The van der Waals surface area contributed by atoms with Crippen molar-refractivity contribution in [2.45, 2.75) is 38.7 Å². The molecule has 54 valence electrons. The van der Waals surface area contributed by atoms with Crippen LogP contribution in [0.1, 0.15) is 26.7 Å². The van der Waals surface area contributed by atoms with E-state index in [4.69, 9.17) is 0 Å². The van der Waals surface area contributed by atoms with E-state index in [1.807, 2.05) is 0 Å². The highest BCUT2D eigenvalue weighted by Crippen LogP contribution is 2.13. The van der Waals surface area contributed by atoms with E-state index in [0.29, 0.717) is 5.15 Å². The van der Waals surface area contributed by atoms with Crippen molar-refractivity contribution in [3.8, 4) is 0 Å². The van der Waals surface area contributed by atoms with Gasteiger partial charge in [-0.3, -0.25) is 0 Å². The lowest BCUT2D eigenvalue weighted by atomic mass is 9.71. The minimum atomic E-state index is 0.616. The third-order valence-corrected chi connectivity index (χ3v) is 2.69. The Labute approximate surface area is 65.1 Å². The molecule has 0 aromatic rings. The fraction of sp³-hybridized carbons (Fsp3) is 1.00. The normalized spacial score (nSPS) is 16.9. The molecule has 2 heteroatoms. The van der Waals surface area contributed by atoms with E-state index in [-0.39, 0.29) is 0 Å². The van der Waals surface area contributed by atoms with Gasteiger partial charge in [0.25, 0.3) is 0 Å². The molecule has 0 N–H and O–H groups in total. The first-order valence-corrected chi connectivity index (χ1v) is 4.42. The highest BCUT2D eigenvalue weighted by atomic mass is 32.1. The lowest BCUT2D eigenvalue weighted by Gasteiger charge is -2.14. The first-order chi connectivity index (χ1) is 4.22. The van der Waals surface area contributed by atoms with Crippen molar-refractivity contribution in [2.24, 2.45) is 5.92 Å². The van der Waals surface area contributed by atoms with E-state index >= 15 is 0 Å². The highest BCUT2D eigenvalue weighted by molar-refractivity contribution is 7.82. The average molecular weight is 144 g/mol. The zero-order valence-corrected chi connectivity index (χ0v) is 7.62. The fourth-order valence-electron chi connectivity index (χ4n) is 1.05. The maximum atomic E-state index is 4.46. The number of thiol groups is 1. The van der Waals surface area contributed by atoms with Crippen LogP contribution in [-0.2, 0) is 0 Å². The summed E-state index contributed by atoms with van der Waals surface area (Å²) in [6.07, 6.45) is 2.61. The molecule has 0 heterocycles. The molecule has 0 saturated carbocycles. The molecule has 0 aliphatic rings. The minimum absolute atomic E-state index is 0.616. The zero-order chi connectivity index (χ0) is 7.28. The molecule has 0 bridgehead atoms. The van der Waals surface area contributed by atoms with E-state index < -0.39 is 0 Å². The largest absolute Gasteiger partial charge is 0.184 e. The second-order valence-corrected chi connectivity index (χ2v) is 3.40. The monoisotopic (exact) mass is 144 g/mol. The molecule has 0 saturated heterocycles. The smallest absolute Gasteiger partial charge is 0.133 e. The van der Waals surface area contributed by atoms with Gasteiger partial charge in [-0.2, -0.15) is 12.6 Å². The van der Waals surface area contributed by atoms with Gasteiger partial charge in [0.1, 0.15) is 7.28 Å². The summed E-state index contributed by atoms with van der Waals surface area (Å²) in [6, 6.07) is 0. The van der Waals surface area contributed by atoms with Gasteiger partial charge in [0.15, 0.2) is 0 Å². The van der Waals surface area contributed by atoms with E-state index in [1.165, 1.54) is 20.1 Å². The second kappa shape index (κ2) is 5.22. The van der Waals surface area contributed by atoms with Gasteiger partial charge in [0.2, 0.25) is 0 Å². The number of hydrogen-bond acceptors (Lipinski definition) is 1. The Bertz CT molecular complexity index is 65.9. The van der Waals surface area contributed by atoms with Crippen molar-refractivity contribution in [3.05, 3.63) is 0 Å². The Kier molecular flexibility index (Phi) is 5.46. The van der Waals surface area contributed by atoms with Crippen molar-refractivity contribution in [1.82, 2.24) is 0 Å². The maximum absolute atomic E-state index is 4.46. The van der Waals surface area contributed by atoms with Crippen LogP contribution in [0, 0.1) is 5.92 Å². The van der Waals surface area contributed by atoms with Crippen LogP contribution in [0.25, 0.3) is 0 Å². The van der Waals surface area contributed by atoms with E-state index in [1.54, 1.807) is 0 Å². The molecular weight excluding hydrogens is 127 g/mol. The summed E-state index contributed by atoms with van der Waals surface area (Å²) < 4.78 is 0.